The number of ether oxygens (including phenoxy) is 1. The van der Waals surface area contributed by atoms with Gasteiger partial charge in [0.25, 0.3) is 15.9 Å². The van der Waals surface area contributed by atoms with E-state index in [0.717, 1.165) is 22.5 Å². The van der Waals surface area contributed by atoms with E-state index in [4.69, 9.17) is 4.74 Å². The molecule has 0 spiro atoms. The first kappa shape index (κ1) is 20.9. The first-order valence-electron chi connectivity index (χ1n) is 8.74. The summed E-state index contributed by atoms with van der Waals surface area (Å²) in [5.74, 6) is 0.283. The largest absolute Gasteiger partial charge is 0.492 e. The van der Waals surface area contributed by atoms with Crippen LogP contribution in [0.4, 0.5) is 5.13 Å². The van der Waals surface area contributed by atoms with Crippen LogP contribution in [0, 0.1) is 13.8 Å². The fourth-order valence-corrected chi connectivity index (χ4v) is 4.30. The van der Waals surface area contributed by atoms with Gasteiger partial charge in [0.05, 0.1) is 0 Å². The van der Waals surface area contributed by atoms with E-state index >= 15 is 0 Å². The highest BCUT2D eigenvalue weighted by Gasteiger charge is 2.20. The van der Waals surface area contributed by atoms with E-state index in [-0.39, 0.29) is 28.5 Å². The summed E-state index contributed by atoms with van der Waals surface area (Å²) < 4.78 is 32.4. The Morgan fingerprint density at radius 2 is 1.83 bits per heavy atom. The fraction of sp³-hybridized carbons (Fsp3) is 0.211. The van der Waals surface area contributed by atoms with Gasteiger partial charge in [-0.25, -0.2) is 13.1 Å². The van der Waals surface area contributed by atoms with Crippen molar-refractivity contribution < 1.29 is 17.9 Å². The second-order valence-corrected chi connectivity index (χ2v) is 9.17. The maximum absolute atomic E-state index is 12.3. The van der Waals surface area contributed by atoms with Crippen LogP contribution >= 0.6 is 11.3 Å². The zero-order valence-corrected chi connectivity index (χ0v) is 17.5. The Morgan fingerprint density at radius 1 is 1.07 bits per heavy atom. The number of hydrogen-bond acceptors (Lipinski definition) is 7. The van der Waals surface area contributed by atoms with Crippen LogP contribution in [0.2, 0.25) is 0 Å². The number of carbonyl (C=O) groups excluding carboxylic acids is 1. The van der Waals surface area contributed by atoms with E-state index in [1.807, 2.05) is 44.2 Å². The van der Waals surface area contributed by atoms with Gasteiger partial charge in [0.15, 0.2) is 0 Å². The molecule has 0 saturated heterocycles. The number of anilines is 1. The standard InChI is InChI=1S/C19H20N4O4S2/c1-13-6-8-15(9-7-13)17(24)21-18-22-23-19(28-18)29(25,26)20-10-11-27-16-5-3-4-14(2)12-16/h3-9,12,20H,10-11H2,1-2H3,(H,21,22,24). The Morgan fingerprint density at radius 3 is 2.55 bits per heavy atom. The molecule has 0 bridgehead atoms. The number of aromatic nitrogens is 2. The molecule has 0 radical (unpaired) electrons. The Labute approximate surface area is 173 Å². The number of nitrogens with zero attached hydrogens (tertiary/aromatic N) is 2. The molecular weight excluding hydrogens is 412 g/mol. The summed E-state index contributed by atoms with van der Waals surface area (Å²) in [6.07, 6.45) is 0. The van der Waals surface area contributed by atoms with Crippen LogP contribution in [-0.2, 0) is 10.0 Å². The van der Waals surface area contributed by atoms with E-state index in [0.29, 0.717) is 11.3 Å². The van der Waals surface area contributed by atoms with Gasteiger partial charge in [-0.1, -0.05) is 41.2 Å². The summed E-state index contributed by atoms with van der Waals surface area (Å²) in [5, 5.41) is 10.1. The maximum Gasteiger partial charge on any atom is 0.269 e. The fourth-order valence-electron chi connectivity index (χ4n) is 2.35. The van der Waals surface area contributed by atoms with E-state index in [1.165, 1.54) is 0 Å². The van der Waals surface area contributed by atoms with Gasteiger partial charge < -0.3 is 4.74 Å². The monoisotopic (exact) mass is 432 g/mol. The molecule has 0 unspecified atom stereocenters. The van der Waals surface area contributed by atoms with Crippen LogP contribution in [-0.4, -0.2) is 37.7 Å². The minimum absolute atomic E-state index is 0.0704. The highest BCUT2D eigenvalue weighted by atomic mass is 32.2. The summed E-state index contributed by atoms with van der Waals surface area (Å²) >= 11 is 0.777. The van der Waals surface area contributed by atoms with E-state index in [2.05, 4.69) is 20.2 Å². The van der Waals surface area contributed by atoms with Crippen LogP contribution in [0.1, 0.15) is 21.5 Å². The molecule has 1 aromatic heterocycles. The average Bonchev–Trinajstić information content (AvgIpc) is 3.15. The molecule has 0 aliphatic rings. The molecule has 0 fully saturated rings. The number of nitrogens with one attached hydrogen (secondary N) is 2. The third-order valence-corrected chi connectivity index (χ3v) is 6.49. The third kappa shape index (κ3) is 5.83. The Balaban J connectivity index is 1.54. The lowest BCUT2D eigenvalue weighted by Crippen LogP contribution is -2.28. The molecule has 3 aromatic rings. The quantitative estimate of drug-likeness (QED) is 0.418. The second kappa shape index (κ2) is 9.12. The van der Waals surface area contributed by atoms with Gasteiger partial charge in [-0.2, -0.15) is 0 Å². The number of sulfonamides is 1. The lowest BCUT2D eigenvalue weighted by Gasteiger charge is -2.07. The first-order valence-corrected chi connectivity index (χ1v) is 11.0. The Bertz CT molecular complexity index is 1100. The highest BCUT2D eigenvalue weighted by Crippen LogP contribution is 2.20. The smallest absolute Gasteiger partial charge is 0.269 e. The third-order valence-electron chi connectivity index (χ3n) is 3.82. The average molecular weight is 433 g/mol. The SMILES string of the molecule is Cc1ccc(C(=O)Nc2nnc(S(=O)(=O)NCCOc3cccc(C)c3)s2)cc1. The lowest BCUT2D eigenvalue weighted by atomic mass is 10.1. The number of carbonyl (C=O) groups is 1. The molecule has 3 rings (SSSR count). The number of hydrogen-bond donors (Lipinski definition) is 2. The van der Waals surface area contributed by atoms with Crippen molar-refractivity contribution >= 4 is 32.4 Å². The van der Waals surface area contributed by atoms with Gasteiger partial charge in [0.1, 0.15) is 12.4 Å². The normalized spacial score (nSPS) is 11.2. The number of aryl methyl sites for hydroxylation is 2. The Kier molecular flexibility index (Phi) is 6.57. The van der Waals surface area contributed by atoms with Crippen molar-refractivity contribution in [2.45, 2.75) is 18.2 Å². The van der Waals surface area contributed by atoms with Crippen LogP contribution in [0.3, 0.4) is 0 Å². The van der Waals surface area contributed by atoms with Crippen molar-refractivity contribution in [3.05, 3.63) is 65.2 Å². The topological polar surface area (TPSA) is 110 Å². The minimum atomic E-state index is -3.84. The Hall–Kier alpha value is -2.82. The van der Waals surface area contributed by atoms with Crippen LogP contribution in [0.15, 0.2) is 52.9 Å². The molecule has 1 heterocycles. The van der Waals surface area contributed by atoms with E-state index in [1.54, 1.807) is 18.2 Å². The molecule has 0 atom stereocenters. The lowest BCUT2D eigenvalue weighted by molar-refractivity contribution is 0.102. The molecule has 1 amide bonds. The highest BCUT2D eigenvalue weighted by molar-refractivity contribution is 7.91. The molecular formula is C19H20N4O4S2. The summed E-state index contributed by atoms with van der Waals surface area (Å²) in [7, 11) is -3.84. The van der Waals surface area contributed by atoms with Crippen molar-refractivity contribution in [3.63, 3.8) is 0 Å². The molecule has 8 nitrogen and oxygen atoms in total. The summed E-state index contributed by atoms with van der Waals surface area (Å²) in [5.41, 5.74) is 2.53. The predicted molar refractivity (Wildman–Crippen MR) is 111 cm³/mol. The summed E-state index contributed by atoms with van der Waals surface area (Å²) in [4.78, 5) is 12.2. The molecule has 2 N–H and O–H groups in total. The van der Waals surface area contributed by atoms with Gasteiger partial charge in [-0.3, -0.25) is 10.1 Å². The zero-order valence-electron chi connectivity index (χ0n) is 15.9. The summed E-state index contributed by atoms with van der Waals surface area (Å²) in [6.45, 7) is 4.10. The van der Waals surface area contributed by atoms with Crippen LogP contribution < -0.4 is 14.8 Å². The van der Waals surface area contributed by atoms with Gasteiger partial charge >= 0.3 is 0 Å². The molecule has 152 valence electrons. The van der Waals surface area contributed by atoms with Crippen molar-refractivity contribution in [2.24, 2.45) is 0 Å². The van der Waals surface area contributed by atoms with Gasteiger partial charge in [-0.05, 0) is 43.7 Å². The molecule has 0 aliphatic carbocycles. The number of benzene rings is 2. The molecule has 10 heteroatoms. The predicted octanol–water partition coefficient (Wildman–Crippen LogP) is 2.76. The van der Waals surface area contributed by atoms with Gasteiger partial charge in [0, 0.05) is 12.1 Å². The van der Waals surface area contributed by atoms with E-state index in [9.17, 15) is 13.2 Å². The number of amides is 1. The van der Waals surface area contributed by atoms with Gasteiger partial charge in [0.2, 0.25) is 9.47 Å². The van der Waals surface area contributed by atoms with Crippen molar-refractivity contribution in [1.29, 1.82) is 0 Å². The molecule has 2 aromatic carbocycles. The number of rotatable bonds is 8. The van der Waals surface area contributed by atoms with Crippen molar-refractivity contribution in [1.82, 2.24) is 14.9 Å². The second-order valence-electron chi connectivity index (χ2n) is 6.26. The first-order chi connectivity index (χ1) is 13.8. The summed E-state index contributed by atoms with van der Waals surface area (Å²) in [6, 6.07) is 14.5. The molecule has 29 heavy (non-hydrogen) atoms. The molecule has 0 saturated carbocycles. The van der Waals surface area contributed by atoms with Crippen molar-refractivity contribution in [3.8, 4) is 5.75 Å². The van der Waals surface area contributed by atoms with Crippen LogP contribution in [0.25, 0.3) is 0 Å². The zero-order chi connectivity index (χ0) is 20.9. The van der Waals surface area contributed by atoms with Gasteiger partial charge in [-0.15, -0.1) is 10.2 Å². The molecule has 0 aliphatic heterocycles. The maximum atomic E-state index is 12.3. The van der Waals surface area contributed by atoms with E-state index < -0.39 is 10.0 Å². The van der Waals surface area contributed by atoms with Crippen molar-refractivity contribution in [2.75, 3.05) is 18.5 Å². The minimum Gasteiger partial charge on any atom is -0.492 e. The van der Waals surface area contributed by atoms with Crippen LogP contribution in [0.5, 0.6) is 5.75 Å².